The number of hydrogen-bond donors (Lipinski definition) is 2. The number of nitrogens with zero attached hydrogens (tertiary/aromatic N) is 4. The number of halogens is 1. The van der Waals surface area contributed by atoms with E-state index in [2.05, 4.69) is 25.3 Å². The second-order valence-corrected chi connectivity index (χ2v) is 9.48. The number of hydrogen-bond acceptors (Lipinski definition) is 11. The number of ether oxygens (including phenoxy) is 4. The van der Waals surface area contributed by atoms with Crippen molar-refractivity contribution in [3.05, 3.63) is 60.3 Å². The summed E-state index contributed by atoms with van der Waals surface area (Å²) in [6.07, 6.45) is 3.24. The van der Waals surface area contributed by atoms with Crippen molar-refractivity contribution in [2.75, 3.05) is 25.6 Å². The Labute approximate surface area is 224 Å². The van der Waals surface area contributed by atoms with Gasteiger partial charge >= 0.3 is 6.09 Å². The van der Waals surface area contributed by atoms with Crippen molar-refractivity contribution >= 4 is 44.4 Å². The van der Waals surface area contributed by atoms with Gasteiger partial charge in [0, 0.05) is 17.8 Å². The van der Waals surface area contributed by atoms with E-state index in [0.717, 1.165) is 0 Å². The molecule has 0 saturated carbocycles. The maximum Gasteiger partial charge on any atom is 0.411 e. The van der Waals surface area contributed by atoms with E-state index in [1.165, 1.54) is 36.9 Å². The SMILES string of the molecule is COc1cnc2c(-c3nc4c(F)cc5c(c4s3)OC[C@H](COC(=O)Nc3cccnc3)O5)cc(CO)cc2n1. The number of aliphatic hydroxyl groups excluding tert-OH is 1. The zero-order valence-electron chi connectivity index (χ0n) is 20.4. The van der Waals surface area contributed by atoms with E-state index in [4.69, 9.17) is 18.9 Å². The van der Waals surface area contributed by atoms with Gasteiger partial charge in [-0.1, -0.05) is 0 Å². The molecule has 0 bridgehead atoms. The summed E-state index contributed by atoms with van der Waals surface area (Å²) < 4.78 is 37.9. The molecule has 4 heterocycles. The highest BCUT2D eigenvalue weighted by molar-refractivity contribution is 7.22. The van der Waals surface area contributed by atoms with Crippen LogP contribution in [0.25, 0.3) is 31.8 Å². The minimum absolute atomic E-state index is 0.0787. The fourth-order valence-electron chi connectivity index (χ4n) is 4.09. The number of carbonyl (C=O) groups is 1. The van der Waals surface area contributed by atoms with Gasteiger partial charge in [-0.15, -0.1) is 11.3 Å². The molecular weight excluding hydrogens is 529 g/mol. The highest BCUT2D eigenvalue weighted by Gasteiger charge is 2.28. The molecule has 1 atom stereocenters. The van der Waals surface area contributed by atoms with Crippen LogP contribution in [0.4, 0.5) is 14.9 Å². The average Bonchev–Trinajstić information content (AvgIpc) is 3.42. The van der Waals surface area contributed by atoms with Crippen LogP contribution in [-0.2, 0) is 11.3 Å². The van der Waals surface area contributed by atoms with Crippen molar-refractivity contribution < 1.29 is 33.2 Å². The van der Waals surface area contributed by atoms with Crippen LogP contribution < -0.4 is 19.5 Å². The van der Waals surface area contributed by atoms with Crippen LogP contribution in [0.2, 0.25) is 0 Å². The minimum Gasteiger partial charge on any atom is -0.484 e. The molecule has 11 nitrogen and oxygen atoms in total. The van der Waals surface area contributed by atoms with Crippen LogP contribution in [0.5, 0.6) is 17.4 Å². The van der Waals surface area contributed by atoms with E-state index in [1.807, 2.05) is 0 Å². The van der Waals surface area contributed by atoms with Crippen LogP contribution in [0.1, 0.15) is 5.56 Å². The number of amides is 1. The van der Waals surface area contributed by atoms with Crippen molar-refractivity contribution in [2.24, 2.45) is 0 Å². The standard InChI is InChI=1S/C26H20FN5O6S/c1-35-20-9-29-21-16(5-13(10-33)6-18(21)31-20)25-32-22-17(27)7-19-23(24(22)39-25)36-11-15(38-19)12-37-26(34)30-14-3-2-4-28-8-14/h2-9,15,33H,10-12H2,1H3,(H,30,34)/t15-/m1/s1. The molecule has 0 fully saturated rings. The van der Waals surface area contributed by atoms with Crippen molar-refractivity contribution in [1.29, 1.82) is 0 Å². The molecular formula is C26H20FN5O6S. The Morgan fingerprint density at radius 3 is 2.95 bits per heavy atom. The number of benzene rings is 2. The third-order valence-corrected chi connectivity index (χ3v) is 6.95. The highest BCUT2D eigenvalue weighted by Crippen LogP contribution is 2.45. The molecule has 0 unspecified atom stereocenters. The van der Waals surface area contributed by atoms with E-state index in [1.54, 1.807) is 30.5 Å². The summed E-state index contributed by atoms with van der Waals surface area (Å²) in [5.41, 5.74) is 2.82. The lowest BCUT2D eigenvalue weighted by Crippen LogP contribution is -2.35. The van der Waals surface area contributed by atoms with Gasteiger partial charge in [0.2, 0.25) is 5.88 Å². The Morgan fingerprint density at radius 2 is 2.15 bits per heavy atom. The Balaban J connectivity index is 1.27. The molecule has 0 spiro atoms. The Morgan fingerprint density at radius 1 is 1.26 bits per heavy atom. The number of carbonyl (C=O) groups excluding carboxylic acids is 1. The number of thiazole rings is 1. The first-order chi connectivity index (χ1) is 19.0. The van der Waals surface area contributed by atoms with Crippen molar-refractivity contribution in [2.45, 2.75) is 12.7 Å². The Hall–Kier alpha value is -4.62. The first kappa shape index (κ1) is 24.7. The van der Waals surface area contributed by atoms with Gasteiger partial charge in [-0.3, -0.25) is 10.3 Å². The van der Waals surface area contributed by atoms with Crippen molar-refractivity contribution in [1.82, 2.24) is 19.9 Å². The highest BCUT2D eigenvalue weighted by atomic mass is 32.1. The second kappa shape index (κ2) is 10.3. The van der Waals surface area contributed by atoms with Gasteiger partial charge in [0.1, 0.15) is 28.4 Å². The van der Waals surface area contributed by atoms with Gasteiger partial charge in [0.25, 0.3) is 0 Å². The largest absolute Gasteiger partial charge is 0.484 e. The molecule has 1 amide bonds. The normalized spacial score (nSPS) is 14.4. The fraction of sp³-hybridized carbons (Fsp3) is 0.192. The van der Waals surface area contributed by atoms with Crippen LogP contribution >= 0.6 is 11.3 Å². The monoisotopic (exact) mass is 549 g/mol. The molecule has 0 aliphatic carbocycles. The molecule has 0 saturated heterocycles. The predicted molar refractivity (Wildman–Crippen MR) is 140 cm³/mol. The van der Waals surface area contributed by atoms with Crippen LogP contribution in [0, 0.1) is 5.82 Å². The quantitative estimate of drug-likeness (QED) is 0.315. The van der Waals surface area contributed by atoms with Crippen LogP contribution in [0.15, 0.2) is 48.9 Å². The van der Waals surface area contributed by atoms with Gasteiger partial charge < -0.3 is 24.1 Å². The molecule has 3 aromatic heterocycles. The topological polar surface area (TPSA) is 138 Å². The lowest BCUT2D eigenvalue weighted by atomic mass is 10.1. The van der Waals surface area contributed by atoms with Crippen molar-refractivity contribution in [3.63, 3.8) is 0 Å². The summed E-state index contributed by atoms with van der Waals surface area (Å²) in [5.74, 6) is 0.260. The molecule has 2 N–H and O–H groups in total. The zero-order valence-corrected chi connectivity index (χ0v) is 21.2. The van der Waals surface area contributed by atoms with E-state index in [-0.39, 0.29) is 31.1 Å². The minimum atomic E-state index is -0.677. The Kier molecular flexibility index (Phi) is 6.50. The summed E-state index contributed by atoms with van der Waals surface area (Å²) in [6, 6.07) is 8.01. The fourth-order valence-corrected chi connectivity index (χ4v) is 5.17. The maximum atomic E-state index is 15.2. The third kappa shape index (κ3) is 4.84. The first-order valence-electron chi connectivity index (χ1n) is 11.7. The zero-order chi connectivity index (χ0) is 26.9. The lowest BCUT2D eigenvalue weighted by molar-refractivity contribution is 0.0381. The van der Waals surface area contributed by atoms with Crippen LogP contribution in [0.3, 0.4) is 0 Å². The molecule has 0 radical (unpaired) electrons. The maximum absolute atomic E-state index is 15.2. The predicted octanol–water partition coefficient (Wildman–Crippen LogP) is 4.33. The average molecular weight is 550 g/mol. The van der Waals surface area contributed by atoms with E-state index in [9.17, 15) is 9.90 Å². The molecule has 1 aliphatic heterocycles. The summed E-state index contributed by atoms with van der Waals surface area (Å²) in [6.45, 7) is -0.256. The van der Waals surface area contributed by atoms with Gasteiger partial charge in [-0.2, -0.15) is 0 Å². The summed E-state index contributed by atoms with van der Waals surface area (Å²) in [5, 5.41) is 12.8. The van der Waals surface area contributed by atoms with Gasteiger partial charge in [-0.05, 0) is 29.8 Å². The van der Waals surface area contributed by atoms with Gasteiger partial charge in [0.15, 0.2) is 23.4 Å². The summed E-state index contributed by atoms with van der Waals surface area (Å²) in [4.78, 5) is 29.4. The number of rotatable bonds is 6. The molecule has 39 heavy (non-hydrogen) atoms. The summed E-state index contributed by atoms with van der Waals surface area (Å²) in [7, 11) is 1.49. The molecule has 6 rings (SSSR count). The number of fused-ring (bicyclic) bond motifs is 4. The molecule has 198 valence electrons. The second-order valence-electron chi connectivity index (χ2n) is 8.48. The van der Waals surface area contributed by atoms with E-state index in [0.29, 0.717) is 49.2 Å². The molecule has 5 aromatic rings. The molecule has 2 aromatic carbocycles. The van der Waals surface area contributed by atoms with E-state index < -0.39 is 18.0 Å². The number of methoxy groups -OCH3 is 1. The third-order valence-electron chi connectivity index (χ3n) is 5.86. The Bertz CT molecular complexity index is 1690. The lowest BCUT2D eigenvalue weighted by Gasteiger charge is -2.26. The smallest absolute Gasteiger partial charge is 0.411 e. The number of aromatic nitrogens is 4. The number of anilines is 1. The molecule has 13 heteroatoms. The van der Waals surface area contributed by atoms with Gasteiger partial charge in [-0.25, -0.2) is 24.1 Å². The van der Waals surface area contributed by atoms with Crippen molar-refractivity contribution in [3.8, 4) is 28.0 Å². The number of pyridine rings is 1. The van der Waals surface area contributed by atoms with Gasteiger partial charge in [0.05, 0.1) is 42.8 Å². The van der Waals surface area contributed by atoms with E-state index >= 15 is 4.39 Å². The first-order valence-corrected chi connectivity index (χ1v) is 12.5. The number of nitrogens with one attached hydrogen (secondary N) is 1. The number of aliphatic hydroxyl groups is 1. The summed E-state index contributed by atoms with van der Waals surface area (Å²) >= 11 is 1.21. The molecule has 1 aliphatic rings. The van der Waals surface area contributed by atoms with Crippen LogP contribution in [-0.4, -0.2) is 57.6 Å².